The monoisotopic (exact) mass is 326 g/mol. The maximum atomic E-state index is 14.2. The Morgan fingerprint density at radius 2 is 2.41 bits per heavy atom. The van der Waals surface area contributed by atoms with Crippen LogP contribution in [0.5, 0.6) is 0 Å². The minimum Gasteiger partial charge on any atom is -0.465 e. The molecule has 2 aromatic rings. The van der Waals surface area contributed by atoms with Crippen LogP contribution >= 0.6 is 11.6 Å². The van der Waals surface area contributed by atoms with Crippen molar-refractivity contribution < 1.29 is 18.7 Å². The normalized spacial score (nSPS) is 18.0. The van der Waals surface area contributed by atoms with Gasteiger partial charge in [0.1, 0.15) is 11.3 Å². The molecule has 1 aromatic heterocycles. The first-order valence-corrected chi connectivity index (χ1v) is 7.58. The predicted molar refractivity (Wildman–Crippen MR) is 79.5 cm³/mol. The molecule has 0 spiro atoms. The Balaban J connectivity index is 2.10. The van der Waals surface area contributed by atoms with E-state index in [1.165, 1.54) is 7.11 Å². The number of esters is 1. The maximum absolute atomic E-state index is 14.2. The van der Waals surface area contributed by atoms with E-state index in [1.54, 1.807) is 6.07 Å². The minimum absolute atomic E-state index is 0.164. The van der Waals surface area contributed by atoms with Crippen molar-refractivity contribution in [1.82, 2.24) is 9.55 Å². The van der Waals surface area contributed by atoms with Gasteiger partial charge >= 0.3 is 5.97 Å². The summed E-state index contributed by atoms with van der Waals surface area (Å²) in [7, 11) is 1.27. The number of hydrogen-bond acceptors (Lipinski definition) is 4. The van der Waals surface area contributed by atoms with Gasteiger partial charge in [0.25, 0.3) is 0 Å². The topological polar surface area (TPSA) is 53.3 Å². The SMILES string of the molecule is COC(=O)c1cc(F)c2nc(CCl)n(CC3CCOC3)c2c1. The predicted octanol–water partition coefficient (Wildman–Crippen LogP) is 2.74. The quantitative estimate of drug-likeness (QED) is 0.640. The summed E-state index contributed by atoms with van der Waals surface area (Å²) >= 11 is 5.94. The lowest BCUT2D eigenvalue weighted by Crippen LogP contribution is -2.13. The van der Waals surface area contributed by atoms with Gasteiger partial charge in [-0.2, -0.15) is 0 Å². The molecule has 5 nitrogen and oxygen atoms in total. The van der Waals surface area contributed by atoms with E-state index in [0.29, 0.717) is 30.4 Å². The Morgan fingerprint density at radius 1 is 1.59 bits per heavy atom. The van der Waals surface area contributed by atoms with Gasteiger partial charge in [0.2, 0.25) is 0 Å². The molecule has 3 rings (SSSR count). The largest absolute Gasteiger partial charge is 0.465 e. The molecular formula is C15H16ClFN2O3. The summed E-state index contributed by atoms with van der Waals surface area (Å²) in [6.07, 6.45) is 0.945. The van der Waals surface area contributed by atoms with Crippen molar-refractivity contribution in [2.24, 2.45) is 5.92 Å². The number of ether oxygens (including phenoxy) is 2. The number of aromatic nitrogens is 2. The molecule has 0 amide bonds. The van der Waals surface area contributed by atoms with Crippen molar-refractivity contribution in [3.05, 3.63) is 29.3 Å². The summed E-state index contributed by atoms with van der Waals surface area (Å²) in [6.45, 7) is 2.04. The van der Waals surface area contributed by atoms with Crippen molar-refractivity contribution in [3.8, 4) is 0 Å². The first-order chi connectivity index (χ1) is 10.6. The van der Waals surface area contributed by atoms with Crippen molar-refractivity contribution in [3.63, 3.8) is 0 Å². The number of methoxy groups -OCH3 is 1. The number of carbonyl (C=O) groups excluding carboxylic acids is 1. The van der Waals surface area contributed by atoms with Gasteiger partial charge in [-0.1, -0.05) is 0 Å². The van der Waals surface area contributed by atoms with Crippen LogP contribution in [0.4, 0.5) is 4.39 Å². The summed E-state index contributed by atoms with van der Waals surface area (Å²) in [5, 5.41) is 0. The molecule has 1 saturated heterocycles. The third-order valence-corrected chi connectivity index (χ3v) is 4.13. The smallest absolute Gasteiger partial charge is 0.338 e. The summed E-state index contributed by atoms with van der Waals surface area (Å²) < 4.78 is 26.2. The Morgan fingerprint density at radius 3 is 3.05 bits per heavy atom. The highest BCUT2D eigenvalue weighted by molar-refractivity contribution is 6.16. The fraction of sp³-hybridized carbons (Fsp3) is 0.467. The van der Waals surface area contributed by atoms with Crippen LogP contribution in [0.3, 0.4) is 0 Å². The number of nitrogens with zero attached hydrogens (tertiary/aromatic N) is 2. The van der Waals surface area contributed by atoms with Gasteiger partial charge in [-0.15, -0.1) is 11.6 Å². The number of alkyl halides is 1. The van der Waals surface area contributed by atoms with Crippen LogP contribution < -0.4 is 0 Å². The zero-order chi connectivity index (χ0) is 15.7. The lowest BCUT2D eigenvalue weighted by atomic mass is 10.1. The van der Waals surface area contributed by atoms with E-state index in [4.69, 9.17) is 16.3 Å². The van der Waals surface area contributed by atoms with Gasteiger partial charge < -0.3 is 14.0 Å². The third-order valence-electron chi connectivity index (χ3n) is 3.89. The van der Waals surface area contributed by atoms with Crippen LogP contribution in [0.1, 0.15) is 22.6 Å². The van der Waals surface area contributed by atoms with E-state index in [0.717, 1.165) is 19.1 Å². The average Bonchev–Trinajstić information content (AvgIpc) is 3.15. The number of benzene rings is 1. The molecule has 7 heteroatoms. The van der Waals surface area contributed by atoms with Crippen molar-refractivity contribution in [2.45, 2.75) is 18.8 Å². The van der Waals surface area contributed by atoms with Gasteiger partial charge in [-0.25, -0.2) is 14.2 Å². The molecule has 118 valence electrons. The molecular weight excluding hydrogens is 311 g/mol. The molecule has 0 aliphatic carbocycles. The van der Waals surface area contributed by atoms with Gasteiger partial charge in [-0.05, 0) is 18.6 Å². The molecule has 22 heavy (non-hydrogen) atoms. The highest BCUT2D eigenvalue weighted by Gasteiger charge is 2.22. The molecule has 1 unspecified atom stereocenters. The number of carbonyl (C=O) groups is 1. The van der Waals surface area contributed by atoms with Gasteiger partial charge in [0.05, 0.1) is 30.7 Å². The minimum atomic E-state index is -0.579. The van der Waals surface area contributed by atoms with Crippen LogP contribution in [0.25, 0.3) is 11.0 Å². The zero-order valence-electron chi connectivity index (χ0n) is 12.1. The standard InChI is InChI=1S/C15H16ClFN2O3/c1-21-15(20)10-4-11(17)14-12(5-10)19(13(6-16)18-14)7-9-2-3-22-8-9/h4-5,9H,2-3,6-8H2,1H3. The first-order valence-electron chi connectivity index (χ1n) is 7.04. The number of rotatable bonds is 4. The summed E-state index contributed by atoms with van der Waals surface area (Å²) in [6, 6.07) is 2.74. The lowest BCUT2D eigenvalue weighted by molar-refractivity contribution is 0.0600. The second-order valence-electron chi connectivity index (χ2n) is 5.32. The second kappa shape index (κ2) is 6.22. The molecule has 1 aromatic carbocycles. The lowest BCUT2D eigenvalue weighted by Gasteiger charge is -2.12. The number of hydrogen-bond donors (Lipinski definition) is 0. The van der Waals surface area contributed by atoms with Crippen molar-refractivity contribution >= 4 is 28.6 Å². The van der Waals surface area contributed by atoms with E-state index in [9.17, 15) is 9.18 Å². The number of halogens is 2. The van der Waals surface area contributed by atoms with E-state index >= 15 is 0 Å². The first kappa shape index (κ1) is 15.2. The summed E-state index contributed by atoms with van der Waals surface area (Å²) in [5.41, 5.74) is 0.947. The van der Waals surface area contributed by atoms with Crippen LogP contribution in [-0.4, -0.2) is 35.8 Å². The number of fused-ring (bicyclic) bond motifs is 1. The van der Waals surface area contributed by atoms with E-state index < -0.39 is 11.8 Å². The van der Waals surface area contributed by atoms with E-state index in [1.807, 2.05) is 4.57 Å². The van der Waals surface area contributed by atoms with Crippen LogP contribution in [0, 0.1) is 11.7 Å². The van der Waals surface area contributed by atoms with Crippen molar-refractivity contribution in [1.29, 1.82) is 0 Å². The summed E-state index contributed by atoms with van der Waals surface area (Å²) in [4.78, 5) is 15.9. The van der Waals surface area contributed by atoms with Crippen LogP contribution in [0.2, 0.25) is 0 Å². The van der Waals surface area contributed by atoms with Gasteiger partial charge in [0, 0.05) is 19.1 Å². The molecule has 1 aliphatic rings. The molecule has 0 bridgehead atoms. The Labute approximate surface area is 132 Å². The van der Waals surface area contributed by atoms with Crippen molar-refractivity contribution in [2.75, 3.05) is 20.3 Å². The fourth-order valence-corrected chi connectivity index (χ4v) is 2.96. The van der Waals surface area contributed by atoms with Gasteiger partial charge in [-0.3, -0.25) is 0 Å². The van der Waals surface area contributed by atoms with Crippen LogP contribution in [0.15, 0.2) is 12.1 Å². The molecule has 2 heterocycles. The highest BCUT2D eigenvalue weighted by Crippen LogP contribution is 2.25. The van der Waals surface area contributed by atoms with Gasteiger partial charge in [0.15, 0.2) is 5.82 Å². The Bertz CT molecular complexity index is 710. The summed E-state index contributed by atoms with van der Waals surface area (Å²) in [5.74, 6) is -0.0283. The van der Waals surface area contributed by atoms with Crippen LogP contribution in [-0.2, 0) is 21.9 Å². The zero-order valence-corrected chi connectivity index (χ0v) is 12.9. The van der Waals surface area contributed by atoms with E-state index in [-0.39, 0.29) is 17.0 Å². The highest BCUT2D eigenvalue weighted by atomic mass is 35.5. The Kier molecular flexibility index (Phi) is 4.31. The van der Waals surface area contributed by atoms with E-state index in [2.05, 4.69) is 9.72 Å². The molecule has 0 radical (unpaired) electrons. The molecule has 1 atom stereocenters. The fourth-order valence-electron chi connectivity index (χ4n) is 2.76. The molecule has 0 N–H and O–H groups in total. The average molecular weight is 327 g/mol. The maximum Gasteiger partial charge on any atom is 0.338 e. The molecule has 1 aliphatic heterocycles. The second-order valence-corrected chi connectivity index (χ2v) is 5.59. The molecule has 0 saturated carbocycles. The molecule has 1 fully saturated rings. The third kappa shape index (κ3) is 2.68. The Hall–Kier alpha value is -1.66. The number of imidazole rings is 1.